The Morgan fingerprint density at radius 1 is 1.00 bits per heavy atom. The highest BCUT2D eigenvalue weighted by atomic mass is 19.1. The third-order valence-corrected chi connectivity index (χ3v) is 8.55. The molecule has 0 aliphatic carbocycles. The van der Waals surface area contributed by atoms with Crippen LogP contribution in [-0.4, -0.2) is 68.7 Å². The molecule has 3 atom stereocenters. The molecule has 2 N–H and O–H groups in total. The lowest BCUT2D eigenvalue weighted by atomic mass is 9.82. The SMILES string of the molecule is CCOCCOc1ccc([C@H]2C(C(=O)O)[C@@H](c3cc(OC)c4c(c3)OCO4)CN2CC(=O)Nc2c(CC)cc(F)cc2CC)cc1. The first kappa shape index (κ1) is 33.0. The van der Waals surface area contributed by atoms with Crippen molar-refractivity contribution >= 4 is 17.6 Å². The van der Waals surface area contributed by atoms with Crippen molar-refractivity contribution in [1.82, 2.24) is 4.90 Å². The second-order valence-electron chi connectivity index (χ2n) is 11.3. The minimum atomic E-state index is -0.994. The minimum Gasteiger partial charge on any atom is -0.493 e. The number of hydrogen-bond acceptors (Lipinski definition) is 8. The molecule has 1 saturated heterocycles. The molecule has 0 radical (unpaired) electrons. The molecule has 11 heteroatoms. The molecule has 3 aromatic rings. The molecule has 46 heavy (non-hydrogen) atoms. The number of methoxy groups -OCH3 is 1. The molecule has 0 aromatic heterocycles. The molecule has 0 spiro atoms. The third kappa shape index (κ3) is 7.05. The molecule has 2 aliphatic rings. The van der Waals surface area contributed by atoms with E-state index < -0.39 is 23.8 Å². The predicted octanol–water partition coefficient (Wildman–Crippen LogP) is 5.58. The zero-order valence-electron chi connectivity index (χ0n) is 26.6. The Bertz CT molecular complexity index is 1520. The van der Waals surface area contributed by atoms with Gasteiger partial charge >= 0.3 is 5.97 Å². The highest BCUT2D eigenvalue weighted by Gasteiger charge is 2.48. The van der Waals surface area contributed by atoms with Crippen molar-refractivity contribution in [2.75, 3.05) is 52.1 Å². The fourth-order valence-corrected chi connectivity index (χ4v) is 6.42. The molecule has 246 valence electrons. The Morgan fingerprint density at radius 3 is 2.35 bits per heavy atom. The van der Waals surface area contributed by atoms with E-state index in [2.05, 4.69) is 5.32 Å². The van der Waals surface area contributed by atoms with Gasteiger partial charge in [0, 0.05) is 30.8 Å². The summed E-state index contributed by atoms with van der Waals surface area (Å²) < 4.78 is 42.1. The number of benzene rings is 3. The van der Waals surface area contributed by atoms with Crippen molar-refractivity contribution in [2.24, 2.45) is 5.92 Å². The van der Waals surface area contributed by atoms with Crippen molar-refractivity contribution in [2.45, 2.75) is 45.6 Å². The first-order valence-electron chi connectivity index (χ1n) is 15.6. The summed E-state index contributed by atoms with van der Waals surface area (Å²) in [7, 11) is 1.52. The van der Waals surface area contributed by atoms with E-state index in [0.29, 0.717) is 78.0 Å². The quantitative estimate of drug-likeness (QED) is 0.219. The van der Waals surface area contributed by atoms with Crippen molar-refractivity contribution in [3.05, 3.63) is 76.6 Å². The number of carbonyl (C=O) groups excluding carboxylic acids is 1. The van der Waals surface area contributed by atoms with Gasteiger partial charge in [0.1, 0.15) is 18.2 Å². The van der Waals surface area contributed by atoms with Crippen LogP contribution in [0.4, 0.5) is 10.1 Å². The van der Waals surface area contributed by atoms with E-state index >= 15 is 0 Å². The lowest BCUT2D eigenvalue weighted by Gasteiger charge is -2.27. The monoisotopic (exact) mass is 636 g/mol. The average Bonchev–Trinajstić information content (AvgIpc) is 3.68. The van der Waals surface area contributed by atoms with Crippen LogP contribution in [0.3, 0.4) is 0 Å². The number of hydrogen-bond donors (Lipinski definition) is 2. The summed E-state index contributed by atoms with van der Waals surface area (Å²) >= 11 is 0. The van der Waals surface area contributed by atoms with Crippen molar-refractivity contribution in [3.63, 3.8) is 0 Å². The second-order valence-corrected chi connectivity index (χ2v) is 11.3. The molecule has 1 amide bonds. The molecule has 2 aliphatic heterocycles. The number of nitrogens with zero attached hydrogens (tertiary/aromatic N) is 1. The maximum atomic E-state index is 14.3. The average molecular weight is 637 g/mol. The number of anilines is 1. The number of nitrogens with one attached hydrogen (secondary N) is 1. The van der Waals surface area contributed by atoms with E-state index in [1.165, 1.54) is 19.2 Å². The fraction of sp³-hybridized carbons (Fsp3) is 0.429. The Morgan fingerprint density at radius 2 is 1.72 bits per heavy atom. The van der Waals surface area contributed by atoms with Crippen molar-refractivity contribution < 1.29 is 42.8 Å². The standard InChI is InChI=1S/C35H41FN2O8/c1-5-21-14-25(36)15-22(6-2)32(21)37-30(39)19-38-18-27(24-16-28(42-4)34-29(17-24)45-20-46-34)31(35(40)41)33(38)23-8-10-26(11-9-23)44-13-12-43-7-3/h8-11,14-17,27,31,33H,5-7,12-13,18-20H2,1-4H3,(H,37,39)(H,40,41)/t27-,31?,33+/m1/s1. The van der Waals surface area contributed by atoms with E-state index in [1.54, 1.807) is 24.3 Å². The van der Waals surface area contributed by atoms with Gasteiger partial charge < -0.3 is 34.1 Å². The smallest absolute Gasteiger partial charge is 0.309 e. The van der Waals surface area contributed by atoms with Gasteiger partial charge in [-0.2, -0.15) is 0 Å². The normalized spacial score (nSPS) is 18.8. The largest absolute Gasteiger partial charge is 0.493 e. The number of fused-ring (bicyclic) bond motifs is 1. The molecule has 0 bridgehead atoms. The lowest BCUT2D eigenvalue weighted by molar-refractivity contribution is -0.143. The number of halogens is 1. The summed E-state index contributed by atoms with van der Waals surface area (Å²) in [5.74, 6) is -1.04. The van der Waals surface area contributed by atoms with E-state index in [1.807, 2.05) is 37.8 Å². The van der Waals surface area contributed by atoms with Crippen molar-refractivity contribution in [3.8, 4) is 23.0 Å². The first-order valence-corrected chi connectivity index (χ1v) is 15.6. The van der Waals surface area contributed by atoms with E-state index in [9.17, 15) is 19.1 Å². The molecular weight excluding hydrogens is 595 g/mol. The third-order valence-electron chi connectivity index (χ3n) is 8.55. The Labute approximate surface area is 268 Å². The van der Waals surface area contributed by atoms with E-state index in [0.717, 1.165) is 5.56 Å². The van der Waals surface area contributed by atoms with Gasteiger partial charge in [0.25, 0.3) is 0 Å². The van der Waals surface area contributed by atoms with Crippen LogP contribution in [0, 0.1) is 11.7 Å². The van der Waals surface area contributed by atoms with Crippen LogP contribution in [-0.2, 0) is 27.2 Å². The number of aryl methyl sites for hydroxylation is 2. The predicted molar refractivity (Wildman–Crippen MR) is 170 cm³/mol. The molecule has 1 unspecified atom stereocenters. The van der Waals surface area contributed by atoms with Crippen LogP contribution in [0.5, 0.6) is 23.0 Å². The van der Waals surface area contributed by atoms with Crippen LogP contribution < -0.4 is 24.3 Å². The summed E-state index contributed by atoms with van der Waals surface area (Å²) in [6.45, 7) is 7.41. The Hall–Kier alpha value is -4.35. The number of ether oxygens (including phenoxy) is 5. The fourth-order valence-electron chi connectivity index (χ4n) is 6.42. The summed E-state index contributed by atoms with van der Waals surface area (Å²) in [4.78, 5) is 28.6. The van der Waals surface area contributed by atoms with Gasteiger partial charge in [-0.15, -0.1) is 0 Å². The maximum Gasteiger partial charge on any atom is 0.309 e. The van der Waals surface area contributed by atoms with Crippen LogP contribution in [0.15, 0.2) is 48.5 Å². The van der Waals surface area contributed by atoms with Gasteiger partial charge in [0.2, 0.25) is 18.4 Å². The summed E-state index contributed by atoms with van der Waals surface area (Å²) in [5.41, 5.74) is 3.46. The van der Waals surface area contributed by atoms with Crippen LogP contribution in [0.1, 0.15) is 55.0 Å². The highest BCUT2D eigenvalue weighted by molar-refractivity contribution is 5.94. The second kappa shape index (κ2) is 14.8. The van der Waals surface area contributed by atoms with Gasteiger partial charge in [-0.05, 0) is 78.4 Å². The highest BCUT2D eigenvalue weighted by Crippen LogP contribution is 2.50. The van der Waals surface area contributed by atoms with Crippen LogP contribution >= 0.6 is 0 Å². The van der Waals surface area contributed by atoms with Gasteiger partial charge in [0.15, 0.2) is 11.5 Å². The Balaban J connectivity index is 1.48. The van der Waals surface area contributed by atoms with Crippen LogP contribution in [0.2, 0.25) is 0 Å². The lowest BCUT2D eigenvalue weighted by Crippen LogP contribution is -2.35. The number of rotatable bonds is 14. The van der Waals surface area contributed by atoms with Gasteiger partial charge in [0.05, 0.1) is 26.2 Å². The topological polar surface area (TPSA) is 116 Å². The molecule has 10 nitrogen and oxygen atoms in total. The summed E-state index contributed by atoms with van der Waals surface area (Å²) in [6.07, 6.45) is 1.08. The number of amides is 1. The summed E-state index contributed by atoms with van der Waals surface area (Å²) in [5, 5.41) is 13.7. The zero-order chi connectivity index (χ0) is 32.8. The van der Waals surface area contributed by atoms with Gasteiger partial charge in [-0.1, -0.05) is 26.0 Å². The van der Waals surface area contributed by atoms with Gasteiger partial charge in [-0.25, -0.2) is 4.39 Å². The number of carboxylic acid groups (broad SMARTS) is 1. The number of aliphatic carboxylic acids is 1. The van der Waals surface area contributed by atoms with E-state index in [-0.39, 0.29) is 31.6 Å². The maximum absolute atomic E-state index is 14.3. The first-order chi connectivity index (χ1) is 22.3. The molecule has 2 heterocycles. The minimum absolute atomic E-state index is 0.0406. The molecular formula is C35H41FN2O8. The van der Waals surface area contributed by atoms with E-state index in [4.69, 9.17) is 23.7 Å². The molecule has 1 fully saturated rings. The molecule has 3 aromatic carbocycles. The molecule has 0 saturated carbocycles. The summed E-state index contributed by atoms with van der Waals surface area (Å²) in [6, 6.07) is 13.1. The molecule has 5 rings (SSSR count). The Kier molecular flexibility index (Phi) is 10.6. The zero-order valence-corrected chi connectivity index (χ0v) is 26.6. The van der Waals surface area contributed by atoms with Gasteiger partial charge in [-0.3, -0.25) is 14.5 Å². The number of likely N-dealkylation sites (tertiary alicyclic amines) is 1. The number of carboxylic acids is 1. The van der Waals surface area contributed by atoms with Crippen molar-refractivity contribution in [1.29, 1.82) is 0 Å². The number of carbonyl (C=O) groups is 2. The van der Waals surface area contributed by atoms with Crippen LogP contribution in [0.25, 0.3) is 0 Å².